The fourth-order valence-electron chi connectivity index (χ4n) is 1.03. The van der Waals surface area contributed by atoms with Gasteiger partial charge in [0.15, 0.2) is 0 Å². The average Bonchev–Trinajstić information content (AvgIpc) is 2.17. The molecule has 3 atom stereocenters. The van der Waals surface area contributed by atoms with E-state index in [1.165, 1.54) is 0 Å². The van der Waals surface area contributed by atoms with Crippen LogP contribution in [-0.4, -0.2) is 35.7 Å². The Morgan fingerprint density at radius 3 is 2.40 bits per heavy atom. The second-order valence-electron chi connectivity index (χ2n) is 4.11. The van der Waals surface area contributed by atoms with Crippen molar-refractivity contribution >= 4 is 5.91 Å². The normalized spacial score (nSPS) is 16.9. The van der Waals surface area contributed by atoms with Gasteiger partial charge in [0.2, 0.25) is 5.91 Å². The first-order valence-electron chi connectivity index (χ1n) is 5.68. The zero-order chi connectivity index (χ0) is 11.8. The van der Waals surface area contributed by atoms with E-state index in [9.17, 15) is 9.90 Å². The maximum absolute atomic E-state index is 11.4. The van der Waals surface area contributed by atoms with E-state index >= 15 is 0 Å². The maximum atomic E-state index is 11.4. The van der Waals surface area contributed by atoms with Crippen LogP contribution >= 0.6 is 0 Å². The lowest BCUT2D eigenvalue weighted by molar-refractivity contribution is -0.121. The van der Waals surface area contributed by atoms with Crippen LogP contribution in [0.4, 0.5) is 0 Å². The van der Waals surface area contributed by atoms with Gasteiger partial charge in [-0.25, -0.2) is 0 Å². The summed E-state index contributed by atoms with van der Waals surface area (Å²) in [7, 11) is 0. The van der Waals surface area contributed by atoms with Gasteiger partial charge in [-0.15, -0.1) is 0 Å². The molecule has 0 aromatic rings. The lowest BCUT2D eigenvalue weighted by atomic mass is 10.2. The first-order chi connectivity index (χ1) is 6.97. The Morgan fingerprint density at radius 2 is 1.93 bits per heavy atom. The first-order valence-corrected chi connectivity index (χ1v) is 5.68. The molecular formula is C11H24N2O2. The molecule has 0 fully saturated rings. The van der Waals surface area contributed by atoms with Crippen LogP contribution in [-0.2, 0) is 4.79 Å². The summed E-state index contributed by atoms with van der Waals surface area (Å²) < 4.78 is 0. The van der Waals surface area contributed by atoms with E-state index in [2.05, 4.69) is 10.6 Å². The van der Waals surface area contributed by atoms with Crippen LogP contribution in [0.3, 0.4) is 0 Å². The van der Waals surface area contributed by atoms with Crippen molar-refractivity contribution in [3.63, 3.8) is 0 Å². The molecule has 0 heterocycles. The minimum atomic E-state index is -0.386. The zero-order valence-corrected chi connectivity index (χ0v) is 10.2. The summed E-state index contributed by atoms with van der Waals surface area (Å²) >= 11 is 0. The molecule has 0 aromatic carbocycles. The van der Waals surface area contributed by atoms with E-state index < -0.39 is 0 Å². The molecule has 0 aromatic heterocycles. The third-order valence-corrected chi connectivity index (χ3v) is 2.56. The lowest BCUT2D eigenvalue weighted by Crippen LogP contribution is -2.39. The second kappa shape index (κ2) is 7.65. The topological polar surface area (TPSA) is 61.4 Å². The Labute approximate surface area is 92.4 Å². The Balaban J connectivity index is 3.55. The molecule has 0 radical (unpaired) electrons. The van der Waals surface area contributed by atoms with E-state index in [0.717, 1.165) is 6.42 Å². The number of hydrogen-bond donors (Lipinski definition) is 3. The molecule has 4 nitrogen and oxygen atoms in total. The van der Waals surface area contributed by atoms with Crippen molar-refractivity contribution in [3.8, 4) is 0 Å². The number of nitrogens with one attached hydrogen (secondary N) is 2. The molecule has 4 heteroatoms. The van der Waals surface area contributed by atoms with Crippen molar-refractivity contribution in [3.05, 3.63) is 0 Å². The maximum Gasteiger partial charge on any atom is 0.221 e. The van der Waals surface area contributed by atoms with Gasteiger partial charge in [-0.2, -0.15) is 0 Å². The lowest BCUT2D eigenvalue weighted by Gasteiger charge is -2.17. The van der Waals surface area contributed by atoms with Gasteiger partial charge in [-0.05, 0) is 27.2 Å². The van der Waals surface area contributed by atoms with Gasteiger partial charge in [0.05, 0.1) is 6.10 Å². The van der Waals surface area contributed by atoms with Gasteiger partial charge < -0.3 is 15.7 Å². The van der Waals surface area contributed by atoms with Gasteiger partial charge in [0, 0.05) is 25.0 Å². The fourth-order valence-corrected chi connectivity index (χ4v) is 1.03. The van der Waals surface area contributed by atoms with E-state index in [4.69, 9.17) is 0 Å². The highest BCUT2D eigenvalue weighted by molar-refractivity contribution is 5.76. The van der Waals surface area contributed by atoms with Crippen molar-refractivity contribution in [1.29, 1.82) is 0 Å². The SMILES string of the molecule is CCC(C)NC(=O)CCNC(C)C(C)O. The van der Waals surface area contributed by atoms with E-state index in [1.807, 2.05) is 20.8 Å². The molecule has 0 saturated carbocycles. The molecular weight excluding hydrogens is 192 g/mol. The summed E-state index contributed by atoms with van der Waals surface area (Å²) in [6.07, 6.45) is 1.02. The smallest absolute Gasteiger partial charge is 0.221 e. The Morgan fingerprint density at radius 1 is 1.33 bits per heavy atom. The van der Waals surface area contributed by atoms with Crippen molar-refractivity contribution in [2.75, 3.05) is 6.54 Å². The van der Waals surface area contributed by atoms with Gasteiger partial charge >= 0.3 is 0 Å². The molecule has 0 aliphatic heterocycles. The van der Waals surface area contributed by atoms with E-state index in [-0.39, 0.29) is 24.1 Å². The first kappa shape index (κ1) is 14.4. The van der Waals surface area contributed by atoms with Crippen molar-refractivity contribution in [2.45, 2.75) is 58.7 Å². The monoisotopic (exact) mass is 216 g/mol. The van der Waals surface area contributed by atoms with Crippen LogP contribution in [0.25, 0.3) is 0 Å². The number of rotatable bonds is 7. The fraction of sp³-hybridized carbons (Fsp3) is 0.909. The predicted molar refractivity (Wildman–Crippen MR) is 61.7 cm³/mol. The van der Waals surface area contributed by atoms with Crippen LogP contribution in [0.2, 0.25) is 0 Å². The predicted octanol–water partition coefficient (Wildman–Crippen LogP) is 0.650. The number of aliphatic hydroxyl groups is 1. The third kappa shape index (κ3) is 7.33. The highest BCUT2D eigenvalue weighted by Gasteiger charge is 2.09. The Bertz CT molecular complexity index is 183. The number of carbonyl (C=O) groups is 1. The zero-order valence-electron chi connectivity index (χ0n) is 10.2. The standard InChI is InChI=1S/C11H24N2O2/c1-5-8(2)13-11(15)6-7-12-9(3)10(4)14/h8-10,12,14H,5-7H2,1-4H3,(H,13,15). The molecule has 90 valence electrons. The highest BCUT2D eigenvalue weighted by atomic mass is 16.3. The summed E-state index contributed by atoms with van der Waals surface area (Å²) in [5.74, 6) is 0.0645. The summed E-state index contributed by atoms with van der Waals surface area (Å²) in [5, 5.41) is 15.2. The Kier molecular flexibility index (Phi) is 7.34. The third-order valence-electron chi connectivity index (χ3n) is 2.56. The largest absolute Gasteiger partial charge is 0.392 e. The summed E-state index contributed by atoms with van der Waals surface area (Å²) in [5.41, 5.74) is 0. The van der Waals surface area contributed by atoms with Crippen LogP contribution in [0.5, 0.6) is 0 Å². The minimum absolute atomic E-state index is 0.0291. The summed E-state index contributed by atoms with van der Waals surface area (Å²) in [4.78, 5) is 11.4. The van der Waals surface area contributed by atoms with Crippen LogP contribution in [0, 0.1) is 0 Å². The van der Waals surface area contributed by atoms with Crippen LogP contribution in [0.15, 0.2) is 0 Å². The van der Waals surface area contributed by atoms with Crippen LogP contribution < -0.4 is 10.6 Å². The molecule has 0 aliphatic rings. The number of amides is 1. The number of aliphatic hydroxyl groups excluding tert-OH is 1. The van der Waals surface area contributed by atoms with Crippen LogP contribution in [0.1, 0.15) is 40.5 Å². The molecule has 0 spiro atoms. The molecule has 3 N–H and O–H groups in total. The summed E-state index contributed by atoms with van der Waals surface area (Å²) in [6.45, 7) is 8.27. The minimum Gasteiger partial charge on any atom is -0.392 e. The second-order valence-corrected chi connectivity index (χ2v) is 4.11. The van der Waals surface area contributed by atoms with Gasteiger partial charge in [0.1, 0.15) is 0 Å². The molecule has 0 aliphatic carbocycles. The molecule has 3 unspecified atom stereocenters. The highest BCUT2D eigenvalue weighted by Crippen LogP contribution is 1.92. The molecule has 15 heavy (non-hydrogen) atoms. The van der Waals surface area contributed by atoms with Gasteiger partial charge in [0.25, 0.3) is 0 Å². The van der Waals surface area contributed by atoms with E-state index in [1.54, 1.807) is 6.92 Å². The molecule has 1 amide bonds. The number of hydrogen-bond acceptors (Lipinski definition) is 3. The van der Waals surface area contributed by atoms with Crippen molar-refractivity contribution < 1.29 is 9.90 Å². The average molecular weight is 216 g/mol. The quantitative estimate of drug-likeness (QED) is 0.585. The molecule has 0 saturated heterocycles. The van der Waals surface area contributed by atoms with Gasteiger partial charge in [-0.3, -0.25) is 4.79 Å². The number of carbonyl (C=O) groups excluding carboxylic acids is 1. The summed E-state index contributed by atoms with van der Waals surface area (Å²) in [6, 6.07) is 0.271. The molecule has 0 bridgehead atoms. The van der Waals surface area contributed by atoms with Crippen molar-refractivity contribution in [1.82, 2.24) is 10.6 Å². The van der Waals surface area contributed by atoms with E-state index in [0.29, 0.717) is 13.0 Å². The van der Waals surface area contributed by atoms with Crippen molar-refractivity contribution in [2.24, 2.45) is 0 Å². The molecule has 0 rings (SSSR count). The van der Waals surface area contributed by atoms with Gasteiger partial charge in [-0.1, -0.05) is 6.92 Å². The Hall–Kier alpha value is -0.610.